The van der Waals surface area contributed by atoms with Gasteiger partial charge in [-0.05, 0) is 73.9 Å². The van der Waals surface area contributed by atoms with Gasteiger partial charge in [0.05, 0.1) is 27.9 Å². The molecule has 5 aromatic carbocycles. The molecule has 0 aliphatic carbocycles. The number of hydrogen-bond donors (Lipinski definition) is 0. The highest BCUT2D eigenvalue weighted by Gasteiger charge is 2.52. The summed E-state index contributed by atoms with van der Waals surface area (Å²) in [4.78, 5) is 0. The van der Waals surface area contributed by atoms with Crippen LogP contribution in [0.5, 0.6) is 0 Å². The maximum absolute atomic E-state index is 6.46. The van der Waals surface area contributed by atoms with E-state index in [1.807, 2.05) is 0 Å². The Morgan fingerprint density at radius 2 is 1.13 bits per heavy atom. The van der Waals surface area contributed by atoms with Crippen molar-refractivity contribution in [1.82, 2.24) is 4.57 Å². The number of para-hydroxylation sites is 1. The quantitative estimate of drug-likeness (QED) is 0.233. The lowest BCUT2D eigenvalue weighted by molar-refractivity contribution is 0.00578. The van der Waals surface area contributed by atoms with Crippen LogP contribution >= 0.6 is 0 Å². The van der Waals surface area contributed by atoms with Crippen LogP contribution in [0.4, 0.5) is 0 Å². The molecule has 4 heteroatoms. The third-order valence-electron chi connectivity index (χ3n) is 8.46. The Morgan fingerprint density at radius 1 is 0.526 bits per heavy atom. The molecule has 0 unspecified atom stereocenters. The maximum atomic E-state index is 6.46. The second-order valence-corrected chi connectivity index (χ2v) is 11.3. The van der Waals surface area contributed by atoms with E-state index in [0.29, 0.717) is 0 Å². The van der Waals surface area contributed by atoms with Gasteiger partial charge in [-0.25, -0.2) is 0 Å². The van der Waals surface area contributed by atoms with Crippen LogP contribution in [-0.2, 0) is 9.31 Å². The van der Waals surface area contributed by atoms with E-state index in [9.17, 15) is 0 Å². The Morgan fingerprint density at radius 3 is 1.87 bits per heavy atom. The molecule has 1 aromatic heterocycles. The van der Waals surface area contributed by atoms with Crippen LogP contribution in [0.3, 0.4) is 0 Å². The highest BCUT2D eigenvalue weighted by molar-refractivity contribution is 6.65. The van der Waals surface area contributed by atoms with Crippen molar-refractivity contribution in [3.05, 3.63) is 109 Å². The van der Waals surface area contributed by atoms with Gasteiger partial charge < -0.3 is 13.9 Å². The molecule has 0 atom stereocenters. The molecule has 0 N–H and O–H groups in total. The Balaban J connectivity index is 1.46. The summed E-state index contributed by atoms with van der Waals surface area (Å²) in [6, 6.07) is 39.1. The van der Waals surface area contributed by atoms with Crippen LogP contribution < -0.4 is 5.46 Å². The molecule has 3 nitrogen and oxygen atoms in total. The molecule has 0 saturated carbocycles. The van der Waals surface area contributed by atoms with Gasteiger partial charge in [0.25, 0.3) is 0 Å². The average molecular weight is 495 g/mol. The van der Waals surface area contributed by atoms with Crippen LogP contribution in [-0.4, -0.2) is 22.9 Å². The lowest BCUT2D eigenvalue weighted by Crippen LogP contribution is -2.41. The number of rotatable bonds is 3. The molecule has 0 amide bonds. The second kappa shape index (κ2) is 8.32. The molecular weight excluding hydrogens is 465 g/mol. The first kappa shape index (κ1) is 23.3. The predicted octanol–water partition coefficient (Wildman–Crippen LogP) is 7.90. The van der Waals surface area contributed by atoms with E-state index in [1.165, 1.54) is 38.3 Å². The van der Waals surface area contributed by atoms with Crippen LogP contribution in [0.2, 0.25) is 0 Å². The van der Waals surface area contributed by atoms with Crippen LogP contribution in [0.25, 0.3) is 49.4 Å². The van der Waals surface area contributed by atoms with Gasteiger partial charge in [-0.15, -0.1) is 0 Å². The minimum absolute atomic E-state index is 0.388. The zero-order valence-electron chi connectivity index (χ0n) is 22.2. The summed E-state index contributed by atoms with van der Waals surface area (Å²) in [6.07, 6.45) is 0. The molecule has 1 saturated heterocycles. The molecule has 186 valence electrons. The molecule has 1 aliphatic rings. The second-order valence-electron chi connectivity index (χ2n) is 11.3. The van der Waals surface area contributed by atoms with Gasteiger partial charge in [-0.3, -0.25) is 0 Å². The van der Waals surface area contributed by atoms with E-state index >= 15 is 0 Å². The van der Waals surface area contributed by atoms with Crippen LogP contribution in [0.1, 0.15) is 27.7 Å². The van der Waals surface area contributed by atoms with Gasteiger partial charge in [-0.1, -0.05) is 84.9 Å². The molecule has 6 aromatic rings. The predicted molar refractivity (Wildman–Crippen MR) is 159 cm³/mol. The Hall–Kier alpha value is -3.86. The van der Waals surface area contributed by atoms with E-state index < -0.39 is 7.12 Å². The SMILES string of the molecule is CC1(C)OB(c2ccc(-n3c4ccccc4c4cc(-c5ccccc5)ccc43)c3ccccc23)OC1(C)C. The monoisotopic (exact) mass is 495 g/mol. The van der Waals surface area contributed by atoms with Gasteiger partial charge in [0.15, 0.2) is 0 Å². The summed E-state index contributed by atoms with van der Waals surface area (Å²) in [5.74, 6) is 0. The van der Waals surface area contributed by atoms with E-state index in [0.717, 1.165) is 16.5 Å². The molecular formula is C34H30BNO2. The summed E-state index contributed by atoms with van der Waals surface area (Å²) in [5.41, 5.74) is 6.28. The standard InChI is InChI=1S/C34H30BNO2/c1-33(2)34(3,4)38-35(37-33)29-19-21-31(26-15-9-8-14-25(26)29)36-30-17-11-10-16-27(30)28-22-24(18-20-32(28)36)23-12-6-5-7-13-23/h5-22H,1-4H3. The minimum Gasteiger partial charge on any atom is -0.399 e. The van der Waals surface area contributed by atoms with Crippen molar-refractivity contribution in [3.63, 3.8) is 0 Å². The van der Waals surface area contributed by atoms with Crippen molar-refractivity contribution < 1.29 is 9.31 Å². The smallest absolute Gasteiger partial charge is 0.399 e. The average Bonchev–Trinajstić information content (AvgIpc) is 3.37. The zero-order valence-corrected chi connectivity index (χ0v) is 22.2. The first-order valence-corrected chi connectivity index (χ1v) is 13.3. The summed E-state index contributed by atoms with van der Waals surface area (Å²) >= 11 is 0. The summed E-state index contributed by atoms with van der Waals surface area (Å²) in [7, 11) is -0.412. The van der Waals surface area contributed by atoms with Crippen LogP contribution in [0, 0.1) is 0 Å². The molecule has 1 fully saturated rings. The van der Waals surface area contributed by atoms with Crippen molar-refractivity contribution in [2.24, 2.45) is 0 Å². The lowest BCUT2D eigenvalue weighted by Gasteiger charge is -2.32. The molecule has 0 radical (unpaired) electrons. The van der Waals surface area contributed by atoms with E-state index in [1.54, 1.807) is 0 Å². The van der Waals surface area contributed by atoms with Crippen molar-refractivity contribution in [3.8, 4) is 16.8 Å². The van der Waals surface area contributed by atoms with E-state index in [2.05, 4.69) is 141 Å². The number of nitrogens with zero attached hydrogens (tertiary/aromatic N) is 1. The first-order chi connectivity index (χ1) is 18.3. The molecule has 38 heavy (non-hydrogen) atoms. The molecule has 1 aliphatic heterocycles. The largest absolute Gasteiger partial charge is 0.495 e. The first-order valence-electron chi connectivity index (χ1n) is 13.3. The third-order valence-corrected chi connectivity index (χ3v) is 8.46. The zero-order chi connectivity index (χ0) is 26.1. The fourth-order valence-electron chi connectivity index (χ4n) is 5.72. The van der Waals surface area contributed by atoms with Crippen molar-refractivity contribution in [2.45, 2.75) is 38.9 Å². The number of hydrogen-bond acceptors (Lipinski definition) is 2. The van der Waals surface area contributed by atoms with E-state index in [-0.39, 0.29) is 11.2 Å². The topological polar surface area (TPSA) is 23.4 Å². The highest BCUT2D eigenvalue weighted by Crippen LogP contribution is 2.39. The number of benzene rings is 5. The fourth-order valence-corrected chi connectivity index (χ4v) is 5.72. The van der Waals surface area contributed by atoms with Crippen molar-refractivity contribution in [1.29, 1.82) is 0 Å². The summed E-state index contributed by atoms with van der Waals surface area (Å²) in [5, 5.41) is 4.82. The summed E-state index contributed by atoms with van der Waals surface area (Å²) in [6.45, 7) is 8.41. The molecule has 7 rings (SSSR count). The molecule has 2 heterocycles. The maximum Gasteiger partial charge on any atom is 0.495 e. The lowest BCUT2D eigenvalue weighted by atomic mass is 9.76. The Labute approximate surface area is 223 Å². The van der Waals surface area contributed by atoms with Gasteiger partial charge in [0.1, 0.15) is 0 Å². The number of fused-ring (bicyclic) bond motifs is 4. The van der Waals surface area contributed by atoms with Gasteiger partial charge >= 0.3 is 7.12 Å². The third kappa shape index (κ3) is 3.44. The normalized spacial score (nSPS) is 16.6. The van der Waals surface area contributed by atoms with Gasteiger partial charge in [0, 0.05) is 16.2 Å². The van der Waals surface area contributed by atoms with Crippen molar-refractivity contribution in [2.75, 3.05) is 0 Å². The van der Waals surface area contributed by atoms with Crippen LogP contribution in [0.15, 0.2) is 109 Å². The van der Waals surface area contributed by atoms with Crippen molar-refractivity contribution >= 4 is 45.2 Å². The Kier molecular flexibility index (Phi) is 5.10. The van der Waals surface area contributed by atoms with E-state index in [4.69, 9.17) is 9.31 Å². The Bertz CT molecular complexity index is 1820. The van der Waals surface area contributed by atoms with Gasteiger partial charge in [0.2, 0.25) is 0 Å². The molecule has 0 spiro atoms. The minimum atomic E-state index is -0.412. The number of aromatic nitrogens is 1. The fraction of sp³-hybridized carbons (Fsp3) is 0.176. The summed E-state index contributed by atoms with van der Waals surface area (Å²) < 4.78 is 15.3. The highest BCUT2D eigenvalue weighted by atomic mass is 16.7. The van der Waals surface area contributed by atoms with Gasteiger partial charge in [-0.2, -0.15) is 0 Å². The molecule has 0 bridgehead atoms.